The number of hydrogen-bond acceptors (Lipinski definition) is 5. The maximum atomic E-state index is 12.8. The fraction of sp³-hybridized carbons (Fsp3) is 0.429. The van der Waals surface area contributed by atoms with E-state index in [2.05, 4.69) is 4.98 Å². The van der Waals surface area contributed by atoms with E-state index in [9.17, 15) is 18.7 Å². The van der Waals surface area contributed by atoms with Crippen molar-refractivity contribution in [3.05, 3.63) is 53.9 Å². The summed E-state index contributed by atoms with van der Waals surface area (Å²) in [5, 5.41) is 10.3. The number of carbonyl (C=O) groups is 1. The molecule has 2 aromatic rings. The zero-order valence-electron chi connectivity index (χ0n) is 16.1. The third kappa shape index (κ3) is 3.63. The van der Waals surface area contributed by atoms with E-state index in [0.717, 1.165) is 21.6 Å². The Balaban J connectivity index is 1.49. The molecule has 0 radical (unpaired) electrons. The maximum absolute atomic E-state index is 12.8. The van der Waals surface area contributed by atoms with Gasteiger partial charge in [0, 0.05) is 11.8 Å². The highest BCUT2D eigenvalue weighted by Crippen LogP contribution is 2.37. The van der Waals surface area contributed by atoms with Crippen molar-refractivity contribution in [3.63, 3.8) is 0 Å². The van der Waals surface area contributed by atoms with Gasteiger partial charge in [-0.2, -0.15) is 8.78 Å². The molecular formula is C21H22F2N2O4. The summed E-state index contributed by atoms with van der Waals surface area (Å²) in [6, 6.07) is 11.2. The Kier molecular flexibility index (Phi) is 4.88. The van der Waals surface area contributed by atoms with Crippen molar-refractivity contribution < 1.29 is 28.2 Å². The number of aromatic nitrogens is 1. The van der Waals surface area contributed by atoms with E-state index in [0.29, 0.717) is 5.69 Å². The number of carbonyl (C=O) groups excluding carboxylic acids is 1. The van der Waals surface area contributed by atoms with Gasteiger partial charge in [-0.15, -0.1) is 0 Å². The number of alkyl halides is 2. The van der Waals surface area contributed by atoms with Gasteiger partial charge in [0.1, 0.15) is 11.8 Å². The van der Waals surface area contributed by atoms with Gasteiger partial charge >= 0.3 is 6.43 Å². The summed E-state index contributed by atoms with van der Waals surface area (Å²) >= 11 is 0. The predicted molar refractivity (Wildman–Crippen MR) is 100 cm³/mol. The minimum absolute atomic E-state index is 0.0758. The minimum Gasteiger partial charge on any atom is -0.379 e. The van der Waals surface area contributed by atoms with Crippen LogP contribution in [0.25, 0.3) is 11.1 Å². The number of amides is 1. The molecule has 0 saturated carbocycles. The monoisotopic (exact) mass is 404 g/mol. The number of hydrogen-bond donors (Lipinski definition) is 1. The molecule has 2 fully saturated rings. The van der Waals surface area contributed by atoms with Crippen LogP contribution in [0.4, 0.5) is 8.78 Å². The van der Waals surface area contributed by atoms with Gasteiger partial charge in [0.2, 0.25) is 0 Å². The van der Waals surface area contributed by atoms with Crippen molar-refractivity contribution >= 4 is 5.91 Å². The van der Waals surface area contributed by atoms with Crippen LogP contribution in [0.3, 0.4) is 0 Å². The second kappa shape index (κ2) is 7.12. The average molecular weight is 404 g/mol. The zero-order valence-corrected chi connectivity index (χ0v) is 16.1. The van der Waals surface area contributed by atoms with Crippen LogP contribution in [0.1, 0.15) is 31.2 Å². The molecule has 4 rings (SSSR count). The molecule has 1 aromatic heterocycles. The molecule has 29 heavy (non-hydrogen) atoms. The fourth-order valence-electron chi connectivity index (χ4n) is 3.65. The lowest BCUT2D eigenvalue weighted by molar-refractivity contribution is -0.186. The molecule has 154 valence electrons. The lowest BCUT2D eigenvalue weighted by atomic mass is 9.96. The first-order chi connectivity index (χ1) is 13.7. The van der Waals surface area contributed by atoms with E-state index in [1.165, 1.54) is 0 Å². The Morgan fingerprint density at radius 1 is 1.17 bits per heavy atom. The van der Waals surface area contributed by atoms with Crippen LogP contribution < -0.4 is 0 Å². The Bertz CT molecular complexity index is 896. The van der Waals surface area contributed by atoms with Crippen LogP contribution in [0, 0.1) is 0 Å². The second-order valence-corrected chi connectivity index (χ2v) is 7.88. The summed E-state index contributed by atoms with van der Waals surface area (Å²) in [5.74, 6) is -1.22. The molecule has 8 heteroatoms. The molecule has 2 aliphatic rings. The number of aliphatic hydroxyl groups is 1. The van der Waals surface area contributed by atoms with Crippen molar-refractivity contribution in [2.75, 3.05) is 19.8 Å². The van der Waals surface area contributed by atoms with Gasteiger partial charge in [-0.25, -0.2) is 0 Å². The molecule has 0 spiro atoms. The molecule has 0 aliphatic carbocycles. The average Bonchev–Trinajstić information content (AvgIpc) is 3.01. The van der Waals surface area contributed by atoms with Crippen LogP contribution in [-0.4, -0.2) is 52.8 Å². The lowest BCUT2D eigenvalue weighted by Gasteiger charge is -2.35. The molecule has 2 aliphatic heterocycles. The highest BCUT2D eigenvalue weighted by atomic mass is 19.3. The summed E-state index contributed by atoms with van der Waals surface area (Å²) in [5.41, 5.74) is 1.08. The Labute approximate surface area is 167 Å². The highest BCUT2D eigenvalue weighted by Gasteiger charge is 2.45. The van der Waals surface area contributed by atoms with Crippen molar-refractivity contribution in [3.8, 4) is 11.1 Å². The number of pyridine rings is 1. The van der Waals surface area contributed by atoms with E-state index in [-0.39, 0.29) is 19.8 Å². The summed E-state index contributed by atoms with van der Waals surface area (Å²) < 4.78 is 36.6. The first-order valence-corrected chi connectivity index (χ1v) is 9.34. The number of benzene rings is 1. The number of ether oxygens (including phenoxy) is 2. The third-order valence-corrected chi connectivity index (χ3v) is 5.42. The van der Waals surface area contributed by atoms with Crippen LogP contribution >= 0.6 is 0 Å². The third-order valence-electron chi connectivity index (χ3n) is 5.42. The number of rotatable bonds is 4. The van der Waals surface area contributed by atoms with Gasteiger partial charge < -0.3 is 19.5 Å². The molecule has 2 saturated heterocycles. The fourth-order valence-corrected chi connectivity index (χ4v) is 3.65. The quantitative estimate of drug-likeness (QED) is 0.849. The largest absolute Gasteiger partial charge is 0.379 e. The normalized spacial score (nSPS) is 22.6. The van der Waals surface area contributed by atoms with Crippen molar-refractivity contribution in [1.29, 1.82) is 0 Å². The van der Waals surface area contributed by atoms with Gasteiger partial charge in [-0.05, 0) is 31.0 Å². The Hall–Kier alpha value is -2.42. The molecule has 1 N–H and O–H groups in total. The summed E-state index contributed by atoms with van der Waals surface area (Å²) in [6.07, 6.45) is -1.84. The van der Waals surface area contributed by atoms with Crippen molar-refractivity contribution in [1.82, 2.24) is 9.88 Å². The summed E-state index contributed by atoms with van der Waals surface area (Å²) in [7, 11) is 0. The second-order valence-electron chi connectivity index (χ2n) is 7.88. The van der Waals surface area contributed by atoms with E-state index < -0.39 is 29.8 Å². The zero-order chi connectivity index (χ0) is 20.8. The standard InChI is InChI=1S/C21H22F2N2O4/c1-20(2)25(19(26)18(22)23)10-16(29-20)14-5-3-13(4-6-14)15-7-8-17(24-9-15)21(27)11-28-12-21/h3-9,16,18,27H,10-12H2,1-2H3. The molecule has 6 nitrogen and oxygen atoms in total. The smallest absolute Gasteiger partial charge is 0.315 e. The summed E-state index contributed by atoms with van der Waals surface area (Å²) in [6.45, 7) is 3.78. The lowest BCUT2D eigenvalue weighted by Crippen LogP contribution is -2.47. The van der Waals surface area contributed by atoms with E-state index in [1.54, 1.807) is 26.1 Å². The first-order valence-electron chi connectivity index (χ1n) is 9.34. The topological polar surface area (TPSA) is 71.9 Å². The molecule has 3 heterocycles. The van der Waals surface area contributed by atoms with Crippen LogP contribution in [0.15, 0.2) is 42.6 Å². The van der Waals surface area contributed by atoms with Gasteiger partial charge in [0.25, 0.3) is 5.91 Å². The first kappa shape index (κ1) is 19.9. The van der Waals surface area contributed by atoms with Crippen LogP contribution in [0.5, 0.6) is 0 Å². The Morgan fingerprint density at radius 2 is 1.83 bits per heavy atom. The molecule has 1 aromatic carbocycles. The summed E-state index contributed by atoms with van der Waals surface area (Å²) in [4.78, 5) is 17.2. The minimum atomic E-state index is -3.06. The molecule has 0 bridgehead atoms. The Morgan fingerprint density at radius 3 is 2.34 bits per heavy atom. The van der Waals surface area contributed by atoms with Gasteiger partial charge in [0.15, 0.2) is 5.60 Å². The molecule has 1 amide bonds. The number of nitrogens with zero attached hydrogens (tertiary/aromatic N) is 2. The molecular weight excluding hydrogens is 382 g/mol. The van der Waals surface area contributed by atoms with Crippen molar-refractivity contribution in [2.45, 2.75) is 37.7 Å². The molecule has 1 unspecified atom stereocenters. The SMILES string of the molecule is CC1(C)OC(c2ccc(-c3ccc(C4(O)COC4)nc3)cc2)CN1C(=O)C(F)F. The van der Waals surface area contributed by atoms with Gasteiger partial charge in [-0.1, -0.05) is 30.3 Å². The van der Waals surface area contributed by atoms with E-state index in [4.69, 9.17) is 9.47 Å². The maximum Gasteiger partial charge on any atom is 0.315 e. The molecule has 1 atom stereocenters. The van der Waals surface area contributed by atoms with Crippen LogP contribution in [-0.2, 0) is 19.9 Å². The van der Waals surface area contributed by atoms with Crippen LogP contribution in [0.2, 0.25) is 0 Å². The predicted octanol–water partition coefficient (Wildman–Crippen LogP) is 2.87. The van der Waals surface area contributed by atoms with E-state index >= 15 is 0 Å². The van der Waals surface area contributed by atoms with Gasteiger partial charge in [0.05, 0.1) is 25.5 Å². The highest BCUT2D eigenvalue weighted by molar-refractivity contribution is 5.80. The van der Waals surface area contributed by atoms with E-state index in [1.807, 2.05) is 30.3 Å². The van der Waals surface area contributed by atoms with Crippen molar-refractivity contribution in [2.24, 2.45) is 0 Å². The van der Waals surface area contributed by atoms with Gasteiger partial charge in [-0.3, -0.25) is 9.78 Å². The number of halogens is 2.